The van der Waals surface area contributed by atoms with Gasteiger partial charge < -0.3 is 210 Å². The number of aliphatic hydroxyl groups is 27. The van der Waals surface area contributed by atoms with Crippen LogP contribution in [-0.2, 0) is 61.6 Å². The van der Waals surface area contributed by atoms with Gasteiger partial charge in [-0.25, -0.2) is 0 Å². The third-order valence-corrected chi connectivity index (χ3v) is 20.1. The summed E-state index contributed by atoms with van der Waals surface area (Å²) in [4.78, 5) is 0. The Morgan fingerprint density at radius 3 is 0.827 bits per heavy atom. The minimum atomic E-state index is -2.22. The van der Waals surface area contributed by atoms with Crippen LogP contribution in [0.2, 0.25) is 0 Å². The molecule has 0 aromatic heterocycles. The van der Waals surface area contributed by atoms with E-state index in [0.29, 0.717) is 0 Å². The summed E-state index contributed by atoms with van der Waals surface area (Å²) in [6, 6.07) is -4.75. The van der Waals surface area contributed by atoms with Crippen LogP contribution in [0.3, 0.4) is 0 Å². The molecule has 7 aliphatic heterocycles. The smallest absolute Gasteiger partial charge is 0.187 e. The summed E-state index contributed by atoms with van der Waals surface area (Å²) in [7, 11) is 0. The van der Waals surface area contributed by atoms with Crippen molar-refractivity contribution < 1.29 is 199 Å². The Labute approximate surface area is 557 Å². The van der Waals surface area contributed by atoms with Crippen molar-refractivity contribution >= 4 is 0 Å². The molecule has 9 rings (SSSR count). The molecule has 2 saturated carbocycles. The van der Waals surface area contributed by atoms with Gasteiger partial charge in [-0.3, -0.25) is 0 Å². The Bertz CT molecular complexity index is 2420. The molecular weight excluding hydrogens is 1340 g/mol. The monoisotopic (exact) mass is 1440 g/mol. The third kappa shape index (κ3) is 16.3. The molecule has 42 heteroatoms. The van der Waals surface area contributed by atoms with Gasteiger partial charge in [0.2, 0.25) is 0 Å². The molecule has 0 amide bonds. The first-order chi connectivity index (χ1) is 46.4. The van der Waals surface area contributed by atoms with Crippen LogP contribution in [0.1, 0.15) is 26.7 Å². The lowest BCUT2D eigenvalue weighted by Crippen LogP contribution is -2.70. The summed E-state index contributed by atoms with van der Waals surface area (Å²) in [5.41, 5.74) is 0. The number of hydrogen-bond acceptors (Lipinski definition) is 42. The molecule has 7 saturated heterocycles. The second kappa shape index (κ2) is 34.3. The largest absolute Gasteiger partial charge is 0.396 e. The van der Waals surface area contributed by atoms with E-state index in [1.807, 2.05) is 0 Å². The van der Waals surface area contributed by atoms with Crippen molar-refractivity contribution in [2.24, 2.45) is 11.8 Å². The highest BCUT2D eigenvalue weighted by Gasteiger charge is 2.59. The van der Waals surface area contributed by atoms with Gasteiger partial charge in [-0.15, -0.1) is 0 Å². The predicted molar refractivity (Wildman–Crippen MR) is 305 cm³/mol. The van der Waals surface area contributed by atoms with E-state index in [9.17, 15) is 138 Å². The molecule has 0 radical (unpaired) electrons. The van der Waals surface area contributed by atoms with Crippen molar-refractivity contribution in [2.75, 3.05) is 46.2 Å². The Morgan fingerprint density at radius 1 is 0.255 bits per heavy atom. The Morgan fingerprint density at radius 2 is 0.510 bits per heavy atom. The molecule has 9 aliphatic rings. The van der Waals surface area contributed by atoms with Crippen LogP contribution in [0.4, 0.5) is 0 Å². The summed E-state index contributed by atoms with van der Waals surface area (Å²) >= 11 is 0. The molecule has 98 heavy (non-hydrogen) atoms. The van der Waals surface area contributed by atoms with Gasteiger partial charge in [0.15, 0.2) is 44.0 Å². The van der Waals surface area contributed by atoms with Crippen molar-refractivity contribution in [1.82, 2.24) is 10.6 Å². The maximum Gasteiger partial charge on any atom is 0.187 e. The molecule has 572 valence electrons. The summed E-state index contributed by atoms with van der Waals surface area (Å²) in [6.45, 7) is -3.40. The van der Waals surface area contributed by atoms with E-state index in [-0.39, 0.29) is 12.8 Å². The number of hydrogen-bond donors (Lipinski definition) is 29. The van der Waals surface area contributed by atoms with E-state index in [1.165, 1.54) is 13.8 Å². The SMILES string of the molecule is C[C@H]1O[C@H](O[C@H]2[C@H](O)[C@@H](O)[C@@H](O[C@H]3[C@H](O)[C@@H](O)[C@H](O)O[C@@H]3CO)O[C@@H]2CO)[C@H](O)[C@@H](O)[C@@H]1N[C@H]1CC(CO)[C@@H](O[C@H]2O[C@H](CO)[C@@H](O[C@H]3O[C@H](CO)[C@@H](O[C@H]4O[C@H](CO)[C@@H](O[C@H]5O[C@H](C)[C@@H](N[C@H]6CC(CO)[C@@H](O)[C@H](O)[C@H]6O)[C@H](O)[C@H]5O)[C@H](O)[C@H]4O)[C@H](O)[C@H]3O)[C@H](O)[C@H]2O)[C@H](O)[C@H]1O. The predicted octanol–water partition coefficient (Wildman–Crippen LogP) is -18.1. The van der Waals surface area contributed by atoms with E-state index in [2.05, 4.69) is 10.6 Å². The quantitative estimate of drug-likeness (QED) is 0.0452. The average Bonchev–Trinajstić information content (AvgIpc) is 0.783. The minimum Gasteiger partial charge on any atom is -0.396 e. The summed E-state index contributed by atoms with van der Waals surface area (Å²) in [5.74, 6) is -2.03. The normalized spacial score (nSPS) is 54.5. The highest BCUT2D eigenvalue weighted by atomic mass is 16.8. The van der Waals surface area contributed by atoms with Gasteiger partial charge in [0.05, 0.1) is 81.7 Å². The highest BCUT2D eigenvalue weighted by Crippen LogP contribution is 2.39. The lowest BCUT2D eigenvalue weighted by Gasteiger charge is -2.50. The van der Waals surface area contributed by atoms with Gasteiger partial charge in [0, 0.05) is 37.1 Å². The van der Waals surface area contributed by atoms with Crippen molar-refractivity contribution in [3.05, 3.63) is 0 Å². The standard InChI is InChI=1S/C56H98N2O40/c1-12-23(57-16-3-14(5-59)25(66)30(71)26(16)67)28(69)38(79)51(86-12)95-47-20(9-63)91-55(42(83)35(47)76)98-49-22(11-65)92-56(43(84)36(49)77)97-48-21(10-64)89-53(40(81)33(48)74)93-44-15(6-60)4-17(27(68)31(44)72)58-24-13(2)87-52(39(80)29(24)70)94-46-19(8-62)90-54(41(82)34(46)75)96-45-18(7-61)88-50(85)37(78)32(45)73/h12-85H,3-11H2,1-2H3/t12-,13-,14?,15?,16+,17+,18-,19-,20-,21-,22-,23-,24-,25-,26+,27+,28+,29+,30+,31-,32-,33-,34-,35-,36-,37-,38-,39-,40-,41-,42-,43-,44-,45-,46-,47-,48-,49-,50-,51-,52-,53-,54-,55-,56-/m1/s1. The van der Waals surface area contributed by atoms with Crippen LogP contribution < -0.4 is 10.6 Å². The van der Waals surface area contributed by atoms with E-state index < -0.39 is 322 Å². The van der Waals surface area contributed by atoms with Gasteiger partial charge in [0.1, 0.15) is 159 Å². The van der Waals surface area contributed by atoms with Crippen LogP contribution in [0.15, 0.2) is 0 Å². The Balaban J connectivity index is 0.761. The lowest BCUT2D eigenvalue weighted by atomic mass is 9.78. The molecule has 2 aliphatic carbocycles. The summed E-state index contributed by atoms with van der Waals surface area (Å²) < 4.78 is 74.1. The van der Waals surface area contributed by atoms with Crippen molar-refractivity contribution in [2.45, 2.75) is 290 Å². The first kappa shape index (κ1) is 80.4. The topological polar surface area (TPSA) is 690 Å². The van der Waals surface area contributed by atoms with Crippen LogP contribution >= 0.6 is 0 Å². The zero-order valence-corrected chi connectivity index (χ0v) is 52.7. The van der Waals surface area contributed by atoms with Gasteiger partial charge in [-0.05, 0) is 26.7 Å². The first-order valence-corrected chi connectivity index (χ1v) is 32.3. The summed E-state index contributed by atoms with van der Waals surface area (Å²) in [5, 5.41) is 298. The molecule has 42 nitrogen and oxygen atoms in total. The fraction of sp³-hybridized carbons (Fsp3) is 1.00. The molecule has 9 fully saturated rings. The molecule has 0 bridgehead atoms. The van der Waals surface area contributed by atoms with E-state index >= 15 is 0 Å². The highest BCUT2D eigenvalue weighted by molar-refractivity contribution is 5.06. The fourth-order valence-electron chi connectivity index (χ4n) is 14.3. The maximum absolute atomic E-state index is 11.5. The van der Waals surface area contributed by atoms with Crippen LogP contribution in [0, 0.1) is 11.8 Å². The molecule has 0 spiro atoms. The summed E-state index contributed by atoms with van der Waals surface area (Å²) in [6.07, 6.45) is -71.8. The molecule has 2 unspecified atom stereocenters. The molecule has 7 heterocycles. The third-order valence-electron chi connectivity index (χ3n) is 20.1. The number of ether oxygens (including phenoxy) is 13. The van der Waals surface area contributed by atoms with Gasteiger partial charge in [-0.2, -0.15) is 0 Å². The van der Waals surface area contributed by atoms with Crippen molar-refractivity contribution in [3.8, 4) is 0 Å². The second-order valence-electron chi connectivity index (χ2n) is 26.4. The number of rotatable bonds is 23. The van der Waals surface area contributed by atoms with Crippen molar-refractivity contribution in [1.29, 1.82) is 0 Å². The molecule has 45 atom stereocenters. The van der Waals surface area contributed by atoms with Crippen LogP contribution in [-0.4, -0.2) is 448 Å². The first-order valence-electron chi connectivity index (χ1n) is 32.3. The average molecular weight is 1440 g/mol. The Kier molecular flexibility index (Phi) is 28.1. The van der Waals surface area contributed by atoms with Gasteiger partial charge in [0.25, 0.3) is 0 Å². The second-order valence-corrected chi connectivity index (χ2v) is 26.4. The van der Waals surface area contributed by atoms with E-state index in [1.54, 1.807) is 0 Å². The van der Waals surface area contributed by atoms with Gasteiger partial charge >= 0.3 is 0 Å². The van der Waals surface area contributed by atoms with E-state index in [4.69, 9.17) is 61.6 Å². The van der Waals surface area contributed by atoms with Gasteiger partial charge in [-0.1, -0.05) is 0 Å². The minimum absolute atomic E-state index is 0.0590. The van der Waals surface area contributed by atoms with Crippen LogP contribution in [0.25, 0.3) is 0 Å². The molecule has 0 aromatic rings. The Hall–Kier alpha value is -1.68. The lowest BCUT2D eigenvalue weighted by molar-refractivity contribution is -0.389. The molecule has 0 aromatic carbocycles. The maximum atomic E-state index is 11.5. The zero-order valence-electron chi connectivity index (χ0n) is 52.7. The fourth-order valence-corrected chi connectivity index (χ4v) is 14.3. The number of aliphatic hydroxyl groups excluding tert-OH is 27. The molecule has 29 N–H and O–H groups in total. The van der Waals surface area contributed by atoms with Crippen LogP contribution in [0.5, 0.6) is 0 Å². The molecular formula is C56H98N2O40. The van der Waals surface area contributed by atoms with Crippen molar-refractivity contribution in [3.63, 3.8) is 0 Å². The number of nitrogens with one attached hydrogen (secondary N) is 2. The van der Waals surface area contributed by atoms with E-state index in [0.717, 1.165) is 0 Å². The zero-order chi connectivity index (χ0) is 72.0.